The predicted molar refractivity (Wildman–Crippen MR) is 83.6 cm³/mol. The van der Waals surface area contributed by atoms with Crippen LogP contribution in [0.5, 0.6) is 0 Å². The van der Waals surface area contributed by atoms with Gasteiger partial charge in [0.15, 0.2) is 5.43 Å². The van der Waals surface area contributed by atoms with E-state index in [4.69, 9.17) is 5.26 Å². The van der Waals surface area contributed by atoms with Gasteiger partial charge in [0.05, 0.1) is 17.1 Å². The second kappa shape index (κ2) is 5.26. The number of hydrogen-bond donors (Lipinski definition) is 0. The summed E-state index contributed by atoms with van der Waals surface area (Å²) in [6.07, 6.45) is 2.62. The molecule has 0 spiro atoms. The molecule has 0 amide bonds. The molecule has 2 aromatic carbocycles. The smallest absolute Gasteiger partial charge is 0.189 e. The summed E-state index contributed by atoms with van der Waals surface area (Å²) in [5.74, 6) is 0. The first-order chi connectivity index (χ1) is 10.2. The van der Waals surface area contributed by atoms with E-state index in [9.17, 15) is 4.79 Å². The maximum Gasteiger partial charge on any atom is 0.189 e. The van der Waals surface area contributed by atoms with Gasteiger partial charge in [-0.15, -0.1) is 0 Å². The van der Waals surface area contributed by atoms with Gasteiger partial charge in [-0.3, -0.25) is 4.79 Å². The van der Waals surface area contributed by atoms with Gasteiger partial charge >= 0.3 is 0 Å². The van der Waals surface area contributed by atoms with Crippen LogP contribution in [0, 0.1) is 11.3 Å². The molecule has 1 heterocycles. The summed E-state index contributed by atoms with van der Waals surface area (Å²) in [6.45, 7) is 2.06. The second-order valence-electron chi connectivity index (χ2n) is 4.88. The van der Waals surface area contributed by atoms with Crippen molar-refractivity contribution in [3.05, 3.63) is 76.1 Å². The molecule has 0 aliphatic rings. The van der Waals surface area contributed by atoms with E-state index in [0.717, 1.165) is 23.2 Å². The lowest BCUT2D eigenvalue weighted by molar-refractivity contribution is 1.03. The van der Waals surface area contributed by atoms with Crippen molar-refractivity contribution in [3.63, 3.8) is 0 Å². The third kappa shape index (κ3) is 2.21. The van der Waals surface area contributed by atoms with Crippen LogP contribution >= 0.6 is 0 Å². The molecule has 0 unspecified atom stereocenters. The molecule has 0 atom stereocenters. The number of para-hydroxylation sites is 1. The van der Waals surface area contributed by atoms with Gasteiger partial charge in [-0.1, -0.05) is 19.1 Å². The van der Waals surface area contributed by atoms with Crippen molar-refractivity contribution in [2.45, 2.75) is 13.3 Å². The molecule has 0 saturated heterocycles. The summed E-state index contributed by atoms with van der Waals surface area (Å²) >= 11 is 0. The minimum atomic E-state index is 0.0218. The number of pyridine rings is 1. The van der Waals surface area contributed by atoms with Crippen LogP contribution in [0.1, 0.15) is 18.1 Å². The van der Waals surface area contributed by atoms with Crippen LogP contribution < -0.4 is 5.43 Å². The molecule has 102 valence electrons. The highest BCUT2D eigenvalue weighted by molar-refractivity contribution is 5.80. The molecule has 0 aliphatic carbocycles. The van der Waals surface area contributed by atoms with Crippen molar-refractivity contribution in [3.8, 4) is 11.8 Å². The molecule has 0 fully saturated rings. The van der Waals surface area contributed by atoms with Crippen LogP contribution in [0.4, 0.5) is 0 Å². The number of hydrogen-bond acceptors (Lipinski definition) is 2. The average molecular weight is 274 g/mol. The van der Waals surface area contributed by atoms with Crippen LogP contribution in [-0.4, -0.2) is 4.57 Å². The van der Waals surface area contributed by atoms with E-state index in [2.05, 4.69) is 13.0 Å². The number of fused-ring (bicyclic) bond motifs is 1. The van der Waals surface area contributed by atoms with Crippen molar-refractivity contribution >= 4 is 10.9 Å². The first-order valence-electron chi connectivity index (χ1n) is 6.88. The number of aromatic nitrogens is 1. The fourth-order valence-corrected chi connectivity index (χ4v) is 2.59. The number of nitrogens with zero attached hydrogens (tertiary/aromatic N) is 2. The van der Waals surface area contributed by atoms with Gasteiger partial charge in [-0.2, -0.15) is 5.26 Å². The van der Waals surface area contributed by atoms with E-state index < -0.39 is 0 Å². The normalized spacial score (nSPS) is 10.5. The Balaban J connectivity index is 2.34. The predicted octanol–water partition coefficient (Wildman–Crippen LogP) is 3.42. The standard InChI is InChI=1S/C18H14N2O/c1-2-14-11-13(12-19)7-8-16(14)20-10-9-18(21)15-5-3-4-6-17(15)20/h3-11H,2H2,1H3. The number of nitriles is 1. The van der Waals surface area contributed by atoms with E-state index in [1.54, 1.807) is 18.3 Å². The van der Waals surface area contributed by atoms with Gasteiger partial charge in [-0.25, -0.2) is 0 Å². The van der Waals surface area contributed by atoms with Crippen LogP contribution in [0.25, 0.3) is 16.6 Å². The van der Waals surface area contributed by atoms with Gasteiger partial charge in [0.1, 0.15) is 0 Å². The van der Waals surface area contributed by atoms with Crippen molar-refractivity contribution in [1.29, 1.82) is 5.26 Å². The topological polar surface area (TPSA) is 45.8 Å². The fourth-order valence-electron chi connectivity index (χ4n) is 2.59. The molecule has 0 saturated carbocycles. The van der Waals surface area contributed by atoms with E-state index in [1.807, 2.05) is 41.0 Å². The van der Waals surface area contributed by atoms with Crippen LogP contribution in [0.15, 0.2) is 59.5 Å². The molecule has 0 N–H and O–H groups in total. The lowest BCUT2D eigenvalue weighted by atomic mass is 10.1. The molecule has 0 aliphatic heterocycles. The summed E-state index contributed by atoms with van der Waals surface area (Å²) in [5, 5.41) is 9.73. The quantitative estimate of drug-likeness (QED) is 0.718. The first-order valence-corrected chi connectivity index (χ1v) is 6.88. The molecule has 3 nitrogen and oxygen atoms in total. The average Bonchev–Trinajstić information content (AvgIpc) is 2.55. The SMILES string of the molecule is CCc1cc(C#N)ccc1-n1ccc(=O)c2ccccc21. The Morgan fingerprint density at radius 2 is 1.95 bits per heavy atom. The molecular formula is C18H14N2O. The highest BCUT2D eigenvalue weighted by Gasteiger charge is 2.08. The van der Waals surface area contributed by atoms with Crippen LogP contribution in [0.2, 0.25) is 0 Å². The molecule has 3 heteroatoms. The Labute approximate surface area is 122 Å². The number of aryl methyl sites for hydroxylation is 1. The zero-order valence-corrected chi connectivity index (χ0v) is 11.7. The van der Waals surface area contributed by atoms with E-state index >= 15 is 0 Å². The summed E-state index contributed by atoms with van der Waals surface area (Å²) < 4.78 is 2.01. The Morgan fingerprint density at radius 3 is 2.71 bits per heavy atom. The number of benzene rings is 2. The summed E-state index contributed by atoms with van der Waals surface area (Å²) in [5.41, 5.74) is 3.65. The van der Waals surface area contributed by atoms with Gasteiger partial charge in [-0.05, 0) is 42.3 Å². The van der Waals surface area contributed by atoms with Crippen molar-refractivity contribution in [1.82, 2.24) is 4.57 Å². The minimum Gasteiger partial charge on any atom is -0.316 e. The highest BCUT2D eigenvalue weighted by atomic mass is 16.1. The number of rotatable bonds is 2. The van der Waals surface area contributed by atoms with Crippen molar-refractivity contribution < 1.29 is 0 Å². The van der Waals surface area contributed by atoms with Gasteiger partial charge in [0.25, 0.3) is 0 Å². The second-order valence-corrected chi connectivity index (χ2v) is 4.88. The largest absolute Gasteiger partial charge is 0.316 e. The molecule has 0 bridgehead atoms. The molecule has 0 radical (unpaired) electrons. The molecular weight excluding hydrogens is 260 g/mol. The van der Waals surface area contributed by atoms with Crippen LogP contribution in [0.3, 0.4) is 0 Å². The Bertz CT molecular complexity index is 916. The Morgan fingerprint density at radius 1 is 1.14 bits per heavy atom. The van der Waals surface area contributed by atoms with Crippen molar-refractivity contribution in [2.24, 2.45) is 0 Å². The van der Waals surface area contributed by atoms with Crippen LogP contribution in [-0.2, 0) is 6.42 Å². The Kier molecular flexibility index (Phi) is 3.29. The molecule has 21 heavy (non-hydrogen) atoms. The van der Waals surface area contributed by atoms with E-state index in [0.29, 0.717) is 10.9 Å². The van der Waals surface area contributed by atoms with E-state index in [-0.39, 0.29) is 5.43 Å². The first kappa shape index (κ1) is 13.1. The molecule has 3 aromatic rings. The zero-order chi connectivity index (χ0) is 14.8. The zero-order valence-electron chi connectivity index (χ0n) is 11.7. The monoisotopic (exact) mass is 274 g/mol. The molecule has 1 aromatic heterocycles. The lowest BCUT2D eigenvalue weighted by Crippen LogP contribution is -2.08. The third-order valence-corrected chi connectivity index (χ3v) is 3.65. The van der Waals surface area contributed by atoms with Gasteiger partial charge < -0.3 is 4.57 Å². The maximum absolute atomic E-state index is 12.0. The Hall–Kier alpha value is -2.86. The van der Waals surface area contributed by atoms with Gasteiger partial charge in [0.2, 0.25) is 0 Å². The van der Waals surface area contributed by atoms with Crippen molar-refractivity contribution in [2.75, 3.05) is 0 Å². The maximum atomic E-state index is 12.0. The minimum absolute atomic E-state index is 0.0218. The van der Waals surface area contributed by atoms with Gasteiger partial charge in [0, 0.05) is 23.3 Å². The summed E-state index contributed by atoms with van der Waals surface area (Å²) in [7, 11) is 0. The third-order valence-electron chi connectivity index (χ3n) is 3.65. The van der Waals surface area contributed by atoms with E-state index in [1.165, 1.54) is 0 Å². The summed E-state index contributed by atoms with van der Waals surface area (Å²) in [6, 6.07) is 17.0. The lowest BCUT2D eigenvalue weighted by Gasteiger charge is -2.14. The summed E-state index contributed by atoms with van der Waals surface area (Å²) in [4.78, 5) is 12.0. The highest BCUT2D eigenvalue weighted by Crippen LogP contribution is 2.21. The molecule has 3 rings (SSSR count). The fraction of sp³-hybridized carbons (Fsp3) is 0.111.